The van der Waals surface area contributed by atoms with Crippen LogP contribution in [0.2, 0.25) is 0 Å². The quantitative estimate of drug-likeness (QED) is 0.794. The van der Waals surface area contributed by atoms with Gasteiger partial charge in [0.05, 0.1) is 6.04 Å². The van der Waals surface area contributed by atoms with Gasteiger partial charge in [0.25, 0.3) is 0 Å². The Labute approximate surface area is 119 Å². The second kappa shape index (κ2) is 6.35. The predicted octanol–water partition coefficient (Wildman–Crippen LogP) is 2.94. The summed E-state index contributed by atoms with van der Waals surface area (Å²) in [6.45, 7) is 2.87. The van der Waals surface area contributed by atoms with Gasteiger partial charge < -0.3 is 4.74 Å². The Hall–Kier alpha value is -1.42. The molecule has 1 heterocycles. The number of carbonyl (C=O) groups is 1. The molecule has 2 unspecified atom stereocenters. The van der Waals surface area contributed by atoms with Crippen LogP contribution >= 0.6 is 0 Å². The van der Waals surface area contributed by atoms with Crippen LogP contribution in [0.4, 0.5) is 4.39 Å². The molecular weight excluding hydrogens is 257 g/mol. The van der Waals surface area contributed by atoms with Crippen molar-refractivity contribution >= 4 is 5.97 Å². The van der Waals surface area contributed by atoms with E-state index in [1.54, 1.807) is 0 Å². The molecule has 1 fully saturated rings. The van der Waals surface area contributed by atoms with Gasteiger partial charge in [-0.25, -0.2) is 9.18 Å². The first-order valence-corrected chi connectivity index (χ1v) is 7.18. The van der Waals surface area contributed by atoms with Gasteiger partial charge in [0, 0.05) is 0 Å². The number of piperidine rings is 1. The molecule has 1 aromatic rings. The molecule has 0 bridgehead atoms. The van der Waals surface area contributed by atoms with Gasteiger partial charge >= 0.3 is 5.97 Å². The number of likely N-dealkylation sites (tertiary alicyclic amines) is 1. The van der Waals surface area contributed by atoms with E-state index >= 15 is 4.39 Å². The second-order valence-electron chi connectivity index (χ2n) is 5.43. The Kier molecular flexibility index (Phi) is 4.76. The summed E-state index contributed by atoms with van der Waals surface area (Å²) in [6.07, 6.45) is 1.54. The van der Waals surface area contributed by atoms with Crippen molar-refractivity contribution in [1.82, 2.24) is 4.90 Å². The molecule has 0 spiro atoms. The summed E-state index contributed by atoms with van der Waals surface area (Å²) in [7, 11) is 1.87. The molecule has 0 aromatic heterocycles. The Morgan fingerprint density at radius 3 is 2.80 bits per heavy atom. The lowest BCUT2D eigenvalue weighted by molar-refractivity contribution is -0.168. The molecule has 1 aliphatic heterocycles. The topological polar surface area (TPSA) is 29.5 Å². The summed E-state index contributed by atoms with van der Waals surface area (Å²) in [5.74, 6) is -0.722. The fraction of sp³-hybridized carbons (Fsp3) is 0.562. The number of carbonyl (C=O) groups excluding carboxylic acids is 1. The summed E-state index contributed by atoms with van der Waals surface area (Å²) in [5, 5.41) is 0. The Balaban J connectivity index is 2.03. The smallest absolute Gasteiger partial charge is 0.345 e. The Morgan fingerprint density at radius 2 is 2.15 bits per heavy atom. The minimum Gasteiger partial charge on any atom is -0.458 e. The van der Waals surface area contributed by atoms with Crippen molar-refractivity contribution < 1.29 is 13.9 Å². The summed E-state index contributed by atoms with van der Waals surface area (Å²) in [6, 6.07) is 8.98. The van der Waals surface area contributed by atoms with Gasteiger partial charge in [-0.3, -0.25) is 4.90 Å². The molecule has 0 amide bonds. The monoisotopic (exact) mass is 279 g/mol. The average molecular weight is 279 g/mol. The first kappa shape index (κ1) is 15.0. The van der Waals surface area contributed by atoms with Gasteiger partial charge in [0.2, 0.25) is 5.67 Å². The van der Waals surface area contributed by atoms with Crippen LogP contribution in [0.1, 0.15) is 31.7 Å². The minimum atomic E-state index is -1.88. The van der Waals surface area contributed by atoms with Crippen molar-refractivity contribution in [2.24, 2.45) is 0 Å². The number of esters is 1. The number of hydrogen-bond acceptors (Lipinski definition) is 3. The number of halogens is 1. The summed E-state index contributed by atoms with van der Waals surface area (Å²) < 4.78 is 20.3. The van der Waals surface area contributed by atoms with Crippen LogP contribution in [0.15, 0.2) is 30.3 Å². The predicted molar refractivity (Wildman–Crippen MR) is 76.0 cm³/mol. The molecule has 1 aliphatic rings. The van der Waals surface area contributed by atoms with Crippen LogP contribution in [-0.4, -0.2) is 36.2 Å². The van der Waals surface area contributed by atoms with Gasteiger partial charge in [-0.1, -0.05) is 37.3 Å². The first-order chi connectivity index (χ1) is 9.58. The zero-order valence-electron chi connectivity index (χ0n) is 12.1. The van der Waals surface area contributed by atoms with Crippen LogP contribution in [0, 0.1) is 0 Å². The number of hydrogen-bond donors (Lipinski definition) is 0. The molecule has 4 heteroatoms. The SMILES string of the molecule is CCC1N(C)CCCC1(F)C(=O)OCc1ccccc1. The Morgan fingerprint density at radius 1 is 1.45 bits per heavy atom. The van der Waals surface area contributed by atoms with Crippen LogP contribution in [0.5, 0.6) is 0 Å². The van der Waals surface area contributed by atoms with E-state index in [9.17, 15) is 4.79 Å². The van der Waals surface area contributed by atoms with E-state index in [2.05, 4.69) is 0 Å². The van der Waals surface area contributed by atoms with Crippen molar-refractivity contribution in [1.29, 1.82) is 0 Å². The largest absolute Gasteiger partial charge is 0.458 e. The maximum atomic E-state index is 15.1. The van der Waals surface area contributed by atoms with Gasteiger partial charge in [-0.15, -0.1) is 0 Å². The van der Waals surface area contributed by atoms with Crippen molar-refractivity contribution in [3.05, 3.63) is 35.9 Å². The minimum absolute atomic E-state index is 0.130. The molecule has 0 N–H and O–H groups in total. The fourth-order valence-corrected chi connectivity index (χ4v) is 2.97. The van der Waals surface area contributed by atoms with Crippen LogP contribution in [0.25, 0.3) is 0 Å². The molecule has 2 rings (SSSR count). The molecular formula is C16H22FNO2. The number of ether oxygens (including phenoxy) is 1. The number of nitrogens with zero attached hydrogens (tertiary/aromatic N) is 1. The van der Waals surface area contributed by atoms with Gasteiger partial charge in [0.1, 0.15) is 6.61 Å². The molecule has 0 saturated carbocycles. The molecule has 2 atom stereocenters. The van der Waals surface area contributed by atoms with E-state index in [-0.39, 0.29) is 19.1 Å². The van der Waals surface area contributed by atoms with Gasteiger partial charge in [0.15, 0.2) is 0 Å². The highest BCUT2D eigenvalue weighted by molar-refractivity contribution is 5.80. The van der Waals surface area contributed by atoms with E-state index in [1.165, 1.54) is 0 Å². The zero-order valence-corrected chi connectivity index (χ0v) is 12.1. The van der Waals surface area contributed by atoms with Crippen molar-refractivity contribution in [2.75, 3.05) is 13.6 Å². The van der Waals surface area contributed by atoms with E-state index in [4.69, 9.17) is 4.74 Å². The first-order valence-electron chi connectivity index (χ1n) is 7.18. The highest BCUT2D eigenvalue weighted by Gasteiger charge is 2.50. The maximum Gasteiger partial charge on any atom is 0.345 e. The molecule has 110 valence electrons. The normalized spacial score (nSPS) is 27.2. The third-order valence-corrected chi connectivity index (χ3v) is 4.05. The van der Waals surface area contributed by atoms with E-state index in [0.29, 0.717) is 12.8 Å². The van der Waals surface area contributed by atoms with Crippen LogP contribution in [0.3, 0.4) is 0 Å². The molecule has 3 nitrogen and oxygen atoms in total. The zero-order chi connectivity index (χ0) is 14.6. The van der Waals surface area contributed by atoms with Crippen molar-refractivity contribution in [3.63, 3.8) is 0 Å². The highest BCUT2D eigenvalue weighted by atomic mass is 19.1. The summed E-state index contributed by atoms with van der Waals surface area (Å²) in [4.78, 5) is 14.1. The lowest BCUT2D eigenvalue weighted by Gasteiger charge is -2.41. The number of benzene rings is 1. The lowest BCUT2D eigenvalue weighted by Crippen LogP contribution is -2.57. The number of alkyl halides is 1. The van der Waals surface area contributed by atoms with Gasteiger partial charge in [-0.05, 0) is 38.4 Å². The third kappa shape index (κ3) is 3.01. The Bertz CT molecular complexity index is 451. The fourth-order valence-electron chi connectivity index (χ4n) is 2.97. The second-order valence-corrected chi connectivity index (χ2v) is 5.43. The summed E-state index contributed by atoms with van der Waals surface area (Å²) in [5.41, 5.74) is -1.00. The van der Waals surface area contributed by atoms with Crippen molar-refractivity contribution in [3.8, 4) is 0 Å². The highest BCUT2D eigenvalue weighted by Crippen LogP contribution is 2.34. The molecule has 1 aromatic carbocycles. The lowest BCUT2D eigenvalue weighted by atomic mass is 9.85. The number of rotatable bonds is 4. The average Bonchev–Trinajstić information content (AvgIpc) is 2.46. The van der Waals surface area contributed by atoms with E-state index in [1.807, 2.05) is 49.2 Å². The van der Waals surface area contributed by atoms with E-state index in [0.717, 1.165) is 12.1 Å². The van der Waals surface area contributed by atoms with Crippen molar-refractivity contribution in [2.45, 2.75) is 44.5 Å². The molecule has 0 radical (unpaired) electrons. The van der Waals surface area contributed by atoms with Crippen LogP contribution < -0.4 is 0 Å². The standard InChI is InChI=1S/C16H22FNO2/c1-3-14-16(17,10-7-11-18(14)2)15(19)20-12-13-8-5-4-6-9-13/h4-6,8-9,14H,3,7,10-12H2,1-2H3. The maximum absolute atomic E-state index is 15.1. The summed E-state index contributed by atoms with van der Waals surface area (Å²) >= 11 is 0. The molecule has 0 aliphatic carbocycles. The molecule has 1 saturated heterocycles. The van der Waals surface area contributed by atoms with Gasteiger partial charge in [-0.2, -0.15) is 0 Å². The van der Waals surface area contributed by atoms with Crippen LogP contribution in [-0.2, 0) is 16.1 Å². The van der Waals surface area contributed by atoms with E-state index < -0.39 is 11.6 Å². The molecule has 20 heavy (non-hydrogen) atoms. The third-order valence-electron chi connectivity index (χ3n) is 4.05.